The second-order valence-electron chi connectivity index (χ2n) is 3.52. The van der Waals surface area contributed by atoms with Gasteiger partial charge in [0.1, 0.15) is 6.61 Å². The van der Waals surface area contributed by atoms with Crippen LogP contribution in [0.1, 0.15) is 10.4 Å². The number of aromatic carboxylic acids is 1. The van der Waals surface area contributed by atoms with Crippen molar-refractivity contribution in [2.24, 2.45) is 5.73 Å². The van der Waals surface area contributed by atoms with Gasteiger partial charge >= 0.3 is 12.1 Å². The summed E-state index contributed by atoms with van der Waals surface area (Å²) in [5.41, 5.74) is 4.67. The molecule has 110 valence electrons. The summed E-state index contributed by atoms with van der Waals surface area (Å²) in [5, 5.41) is 8.78. The first-order valence-corrected chi connectivity index (χ1v) is 7.46. The number of nitrogens with two attached hydrogens (primary N) is 1. The summed E-state index contributed by atoms with van der Waals surface area (Å²) in [4.78, 5) is 20.9. The molecule has 0 spiro atoms. The lowest BCUT2D eigenvalue weighted by molar-refractivity contribution is 0.0696. The van der Waals surface area contributed by atoms with Crippen LogP contribution in [0.2, 0.25) is 0 Å². The average Bonchev–Trinajstić information content (AvgIpc) is 2.34. The van der Waals surface area contributed by atoms with Gasteiger partial charge in [-0.3, -0.25) is 0 Å². The van der Waals surface area contributed by atoms with Crippen molar-refractivity contribution in [1.29, 1.82) is 0 Å². The lowest BCUT2D eigenvalue weighted by Gasteiger charge is -2.09. The van der Waals surface area contributed by atoms with Crippen LogP contribution >= 0.6 is 15.9 Å². The highest BCUT2D eigenvalue weighted by Gasteiger charge is 2.18. The third-order valence-electron chi connectivity index (χ3n) is 2.11. The van der Waals surface area contributed by atoms with Gasteiger partial charge in [-0.1, -0.05) is 0 Å². The van der Waals surface area contributed by atoms with Crippen molar-refractivity contribution in [3.8, 4) is 0 Å². The predicted molar refractivity (Wildman–Crippen MR) is 71.8 cm³/mol. The van der Waals surface area contributed by atoms with Crippen molar-refractivity contribution in [3.05, 3.63) is 28.2 Å². The van der Waals surface area contributed by atoms with Gasteiger partial charge in [-0.15, -0.1) is 0 Å². The van der Waals surface area contributed by atoms with E-state index in [1.54, 1.807) is 0 Å². The highest BCUT2D eigenvalue weighted by molar-refractivity contribution is 9.10. The maximum Gasteiger partial charge on any atom is 0.404 e. The first-order chi connectivity index (χ1) is 9.24. The molecule has 0 heterocycles. The van der Waals surface area contributed by atoms with Gasteiger partial charge in [0.05, 0.1) is 10.5 Å². The fourth-order valence-electron chi connectivity index (χ4n) is 1.26. The van der Waals surface area contributed by atoms with Crippen molar-refractivity contribution in [1.82, 2.24) is 4.72 Å². The topological polar surface area (TPSA) is 136 Å². The maximum absolute atomic E-state index is 11.9. The largest absolute Gasteiger partial charge is 0.478 e. The van der Waals surface area contributed by atoms with Crippen LogP contribution in [0, 0.1) is 0 Å². The van der Waals surface area contributed by atoms with E-state index in [4.69, 9.17) is 10.8 Å². The molecule has 0 aliphatic heterocycles. The van der Waals surface area contributed by atoms with E-state index in [0.29, 0.717) is 0 Å². The summed E-state index contributed by atoms with van der Waals surface area (Å²) in [5.74, 6) is -1.17. The van der Waals surface area contributed by atoms with Crippen LogP contribution in [-0.2, 0) is 14.8 Å². The molecule has 0 aromatic heterocycles. The molecule has 0 radical (unpaired) electrons. The van der Waals surface area contributed by atoms with E-state index in [-0.39, 0.29) is 28.1 Å². The maximum atomic E-state index is 11.9. The zero-order valence-corrected chi connectivity index (χ0v) is 12.4. The standard InChI is InChI=1S/C10H11BrN2O6S/c11-7-5-6(9(14)15)1-2-8(7)20(17,18)13-3-4-19-10(12)16/h1-2,5,13H,3-4H2,(H2,12,16)(H,14,15). The minimum atomic E-state index is -3.85. The van der Waals surface area contributed by atoms with Crippen LogP contribution < -0.4 is 10.5 Å². The van der Waals surface area contributed by atoms with Crippen molar-refractivity contribution in [2.45, 2.75) is 4.90 Å². The predicted octanol–water partition coefficient (Wildman–Crippen LogP) is 0.521. The summed E-state index contributed by atoms with van der Waals surface area (Å²) in [6.45, 7) is -0.363. The zero-order valence-electron chi connectivity index (χ0n) is 10.00. The number of rotatable bonds is 6. The molecule has 4 N–H and O–H groups in total. The SMILES string of the molecule is NC(=O)OCCNS(=O)(=O)c1ccc(C(=O)O)cc1Br. The zero-order chi connectivity index (χ0) is 15.3. The highest BCUT2D eigenvalue weighted by atomic mass is 79.9. The Balaban J connectivity index is 2.82. The molecule has 0 fully saturated rings. The van der Waals surface area contributed by atoms with Crippen LogP contribution in [0.3, 0.4) is 0 Å². The van der Waals surface area contributed by atoms with E-state index in [0.717, 1.165) is 6.07 Å². The van der Waals surface area contributed by atoms with Crippen LogP contribution in [0.25, 0.3) is 0 Å². The molecule has 20 heavy (non-hydrogen) atoms. The first-order valence-electron chi connectivity index (χ1n) is 5.19. The van der Waals surface area contributed by atoms with Crippen LogP contribution in [-0.4, -0.2) is 38.7 Å². The number of benzene rings is 1. The molecule has 0 aliphatic carbocycles. The number of hydrogen-bond acceptors (Lipinski definition) is 5. The van der Waals surface area contributed by atoms with E-state index < -0.39 is 22.1 Å². The Hall–Kier alpha value is -1.65. The number of carboxylic acids is 1. The Kier molecular flexibility index (Phi) is 5.48. The number of carbonyl (C=O) groups is 2. The lowest BCUT2D eigenvalue weighted by Crippen LogP contribution is -2.29. The molecule has 1 amide bonds. The van der Waals surface area contributed by atoms with Gasteiger partial charge in [-0.25, -0.2) is 22.7 Å². The second kappa shape index (κ2) is 6.68. The van der Waals surface area contributed by atoms with E-state index in [2.05, 4.69) is 25.4 Å². The number of sulfonamides is 1. The number of nitrogens with one attached hydrogen (secondary N) is 1. The summed E-state index contributed by atoms with van der Waals surface area (Å²) < 4.78 is 30.5. The van der Waals surface area contributed by atoms with Crippen molar-refractivity contribution >= 4 is 38.0 Å². The number of amides is 1. The molecule has 1 aromatic rings. The number of carboxylic acid groups (broad SMARTS) is 1. The van der Waals surface area contributed by atoms with Crippen LogP contribution in [0.15, 0.2) is 27.6 Å². The molecule has 8 nitrogen and oxygen atoms in total. The number of halogens is 1. The summed E-state index contributed by atoms with van der Waals surface area (Å²) in [6.07, 6.45) is -1.00. The molecule has 0 aliphatic rings. The van der Waals surface area contributed by atoms with Gasteiger partial charge in [-0.05, 0) is 34.1 Å². The number of ether oxygens (including phenoxy) is 1. The minimum Gasteiger partial charge on any atom is -0.478 e. The molecule has 0 saturated heterocycles. The first kappa shape index (κ1) is 16.4. The number of hydrogen-bond donors (Lipinski definition) is 3. The summed E-state index contributed by atoms with van der Waals surface area (Å²) >= 11 is 3.00. The third-order valence-corrected chi connectivity index (χ3v) is 4.54. The Morgan fingerprint density at radius 1 is 1.40 bits per heavy atom. The molecular weight excluding hydrogens is 356 g/mol. The fourth-order valence-corrected chi connectivity index (χ4v) is 3.35. The summed E-state index contributed by atoms with van der Waals surface area (Å²) in [6, 6.07) is 3.50. The molecule has 1 rings (SSSR count). The monoisotopic (exact) mass is 366 g/mol. The number of carbonyl (C=O) groups excluding carboxylic acids is 1. The fraction of sp³-hybridized carbons (Fsp3) is 0.200. The van der Waals surface area contributed by atoms with Crippen molar-refractivity contribution in [3.63, 3.8) is 0 Å². The molecule has 10 heteroatoms. The molecular formula is C10H11BrN2O6S. The van der Waals surface area contributed by atoms with Gasteiger partial charge in [0, 0.05) is 11.0 Å². The normalized spacial score (nSPS) is 11.1. The Bertz CT molecular complexity index is 631. The van der Waals surface area contributed by atoms with Crippen LogP contribution in [0.5, 0.6) is 0 Å². The molecule has 0 bridgehead atoms. The van der Waals surface area contributed by atoms with Gasteiger partial charge in [0.15, 0.2) is 0 Å². The van der Waals surface area contributed by atoms with Gasteiger partial charge in [-0.2, -0.15) is 0 Å². The van der Waals surface area contributed by atoms with Gasteiger partial charge in [0.25, 0.3) is 0 Å². The van der Waals surface area contributed by atoms with E-state index >= 15 is 0 Å². The minimum absolute atomic E-state index is 0.0483. The number of primary amides is 1. The van der Waals surface area contributed by atoms with Gasteiger partial charge < -0.3 is 15.6 Å². The molecule has 0 unspecified atom stereocenters. The van der Waals surface area contributed by atoms with Crippen LogP contribution in [0.4, 0.5) is 4.79 Å². The van der Waals surface area contributed by atoms with E-state index in [1.807, 2.05) is 0 Å². The Morgan fingerprint density at radius 2 is 2.05 bits per heavy atom. The summed E-state index contributed by atoms with van der Waals surface area (Å²) in [7, 11) is -3.85. The molecule has 0 saturated carbocycles. The molecule has 0 atom stereocenters. The van der Waals surface area contributed by atoms with Crippen molar-refractivity contribution in [2.75, 3.05) is 13.2 Å². The quantitative estimate of drug-likeness (QED) is 0.627. The van der Waals surface area contributed by atoms with E-state index in [1.165, 1.54) is 12.1 Å². The third kappa shape index (κ3) is 4.47. The Morgan fingerprint density at radius 3 is 2.55 bits per heavy atom. The van der Waals surface area contributed by atoms with Gasteiger partial charge in [0.2, 0.25) is 10.0 Å². The molecule has 1 aromatic carbocycles. The van der Waals surface area contributed by atoms with E-state index in [9.17, 15) is 18.0 Å². The smallest absolute Gasteiger partial charge is 0.404 e. The Labute approximate surface area is 123 Å². The second-order valence-corrected chi connectivity index (χ2v) is 6.11. The average molecular weight is 367 g/mol. The van der Waals surface area contributed by atoms with Crippen molar-refractivity contribution < 1.29 is 27.9 Å². The lowest BCUT2D eigenvalue weighted by atomic mass is 10.2. The highest BCUT2D eigenvalue weighted by Crippen LogP contribution is 2.23.